The van der Waals surface area contributed by atoms with E-state index in [1.165, 1.54) is 0 Å². The van der Waals surface area contributed by atoms with Gasteiger partial charge in [0.1, 0.15) is 12.5 Å². The molecule has 0 bridgehead atoms. The van der Waals surface area contributed by atoms with E-state index in [0.717, 1.165) is 0 Å². The Kier molecular flexibility index (Phi) is 5.64. The van der Waals surface area contributed by atoms with Gasteiger partial charge in [-0.3, -0.25) is 9.59 Å². The number of carbonyl (C=O) groups excluding carboxylic acids is 1. The molecule has 0 aliphatic carbocycles. The maximum Gasteiger partial charge on any atom is 0.326 e. The van der Waals surface area contributed by atoms with Gasteiger partial charge in [0.25, 0.3) is 0 Å². The van der Waals surface area contributed by atoms with E-state index in [1.54, 1.807) is 0 Å². The summed E-state index contributed by atoms with van der Waals surface area (Å²) in [5.41, 5.74) is -0.0365. The van der Waals surface area contributed by atoms with Gasteiger partial charge in [-0.25, -0.2) is 4.79 Å². The number of hydrogen-bond acceptors (Lipinski definition) is 3. The van der Waals surface area contributed by atoms with Crippen molar-refractivity contribution in [1.29, 1.82) is 0 Å². The van der Waals surface area contributed by atoms with E-state index in [0.29, 0.717) is 6.42 Å². The molecule has 1 amide bonds. The number of hydrogen-bond donors (Lipinski definition) is 3. The Morgan fingerprint density at radius 1 is 1.18 bits per heavy atom. The molecule has 0 saturated carbocycles. The third kappa shape index (κ3) is 8.24. The average molecular weight is 245 g/mol. The van der Waals surface area contributed by atoms with Crippen LogP contribution in [0.4, 0.5) is 0 Å². The van der Waals surface area contributed by atoms with Crippen molar-refractivity contribution in [3.63, 3.8) is 0 Å². The van der Waals surface area contributed by atoms with Gasteiger partial charge in [-0.2, -0.15) is 0 Å². The quantitative estimate of drug-likeness (QED) is 0.602. The van der Waals surface area contributed by atoms with Gasteiger partial charge in [0.05, 0.1) is 0 Å². The van der Waals surface area contributed by atoms with Crippen LogP contribution in [0.15, 0.2) is 0 Å². The molecule has 98 valence electrons. The van der Waals surface area contributed by atoms with Crippen LogP contribution in [0.3, 0.4) is 0 Å². The van der Waals surface area contributed by atoms with Gasteiger partial charge in [0, 0.05) is 0 Å². The lowest BCUT2D eigenvalue weighted by Gasteiger charge is -2.21. The second-order valence-electron chi connectivity index (χ2n) is 5.13. The van der Waals surface area contributed by atoms with Crippen LogP contribution in [0.1, 0.15) is 40.0 Å². The van der Waals surface area contributed by atoms with Crippen molar-refractivity contribution in [3.8, 4) is 0 Å². The molecule has 6 heteroatoms. The van der Waals surface area contributed by atoms with Gasteiger partial charge in [-0.05, 0) is 18.3 Å². The third-order valence-electron chi connectivity index (χ3n) is 2.13. The van der Waals surface area contributed by atoms with E-state index < -0.39 is 30.3 Å². The summed E-state index contributed by atoms with van der Waals surface area (Å²) < 4.78 is 0. The first-order valence-corrected chi connectivity index (χ1v) is 5.36. The van der Waals surface area contributed by atoms with Crippen molar-refractivity contribution in [2.24, 2.45) is 5.41 Å². The molecule has 1 atom stereocenters. The van der Waals surface area contributed by atoms with E-state index in [-0.39, 0.29) is 11.8 Å². The lowest BCUT2D eigenvalue weighted by atomic mass is 9.88. The summed E-state index contributed by atoms with van der Waals surface area (Å²) in [6.45, 7) is 5.89. The molecule has 0 aromatic carbocycles. The van der Waals surface area contributed by atoms with Crippen LogP contribution >= 0.6 is 0 Å². The average Bonchev–Trinajstić information content (AvgIpc) is 2.08. The standard InChI is InChI=1S/C11H19NO5/c1-11(2,3)5-4-7(10(16)17)12-8(13)6-9(14)15/h7H,4-6H2,1-3H3,(H,12,13)(H,14,15)(H,16,17). The van der Waals surface area contributed by atoms with Crippen LogP contribution in [-0.2, 0) is 14.4 Å². The number of nitrogens with one attached hydrogen (secondary N) is 1. The van der Waals surface area contributed by atoms with Crippen LogP contribution in [0.2, 0.25) is 0 Å². The summed E-state index contributed by atoms with van der Waals surface area (Å²) in [4.78, 5) is 32.3. The molecule has 0 aromatic heterocycles. The Morgan fingerprint density at radius 3 is 2.06 bits per heavy atom. The molecule has 0 aliphatic rings. The molecule has 3 N–H and O–H groups in total. The smallest absolute Gasteiger partial charge is 0.326 e. The first kappa shape index (κ1) is 15.4. The highest BCUT2D eigenvalue weighted by Crippen LogP contribution is 2.21. The lowest BCUT2D eigenvalue weighted by molar-refractivity contribution is -0.145. The predicted octanol–water partition coefficient (Wildman–Crippen LogP) is 0.857. The van der Waals surface area contributed by atoms with Crippen LogP contribution in [0, 0.1) is 5.41 Å². The molecule has 0 fully saturated rings. The number of aliphatic carboxylic acids is 2. The molecule has 0 heterocycles. The molecule has 6 nitrogen and oxygen atoms in total. The number of carboxylic acid groups (broad SMARTS) is 2. The number of rotatable bonds is 6. The van der Waals surface area contributed by atoms with Crippen molar-refractivity contribution in [1.82, 2.24) is 5.32 Å². The second-order valence-corrected chi connectivity index (χ2v) is 5.13. The largest absolute Gasteiger partial charge is 0.481 e. The van der Waals surface area contributed by atoms with Crippen molar-refractivity contribution >= 4 is 17.8 Å². The zero-order valence-corrected chi connectivity index (χ0v) is 10.3. The fraction of sp³-hybridized carbons (Fsp3) is 0.727. The summed E-state index contributed by atoms with van der Waals surface area (Å²) in [5, 5.41) is 19.5. The molecule has 0 rings (SSSR count). The zero-order valence-electron chi connectivity index (χ0n) is 10.3. The Morgan fingerprint density at radius 2 is 1.71 bits per heavy atom. The van der Waals surface area contributed by atoms with Crippen molar-refractivity contribution in [2.75, 3.05) is 0 Å². The van der Waals surface area contributed by atoms with Crippen LogP contribution < -0.4 is 5.32 Å². The number of carbonyl (C=O) groups is 3. The Balaban J connectivity index is 4.30. The van der Waals surface area contributed by atoms with Crippen LogP contribution in [0.5, 0.6) is 0 Å². The summed E-state index contributed by atoms with van der Waals surface area (Å²) >= 11 is 0. The molecular formula is C11H19NO5. The molecule has 0 aromatic rings. The number of carboxylic acids is 2. The fourth-order valence-corrected chi connectivity index (χ4v) is 1.22. The molecule has 17 heavy (non-hydrogen) atoms. The monoisotopic (exact) mass is 245 g/mol. The zero-order chi connectivity index (χ0) is 13.6. The van der Waals surface area contributed by atoms with E-state index in [1.807, 2.05) is 20.8 Å². The fourth-order valence-electron chi connectivity index (χ4n) is 1.22. The minimum atomic E-state index is -1.28. The minimum Gasteiger partial charge on any atom is -0.481 e. The van der Waals surface area contributed by atoms with Crippen molar-refractivity contribution in [3.05, 3.63) is 0 Å². The second kappa shape index (κ2) is 6.22. The molecule has 0 spiro atoms. The Bertz CT molecular complexity index is 305. The normalized spacial score (nSPS) is 12.9. The molecular weight excluding hydrogens is 226 g/mol. The summed E-state index contributed by atoms with van der Waals surface area (Å²) in [6, 6.07) is -1.03. The summed E-state index contributed by atoms with van der Waals surface area (Å²) in [5.74, 6) is -3.20. The van der Waals surface area contributed by atoms with Gasteiger partial charge in [-0.1, -0.05) is 20.8 Å². The maximum absolute atomic E-state index is 11.1. The van der Waals surface area contributed by atoms with E-state index in [4.69, 9.17) is 10.2 Å². The molecule has 0 radical (unpaired) electrons. The maximum atomic E-state index is 11.1. The predicted molar refractivity (Wildman–Crippen MR) is 60.5 cm³/mol. The van der Waals surface area contributed by atoms with Crippen molar-refractivity contribution < 1.29 is 24.6 Å². The first-order valence-electron chi connectivity index (χ1n) is 5.36. The van der Waals surface area contributed by atoms with Crippen molar-refractivity contribution in [2.45, 2.75) is 46.1 Å². The highest BCUT2D eigenvalue weighted by molar-refractivity contribution is 5.95. The van der Waals surface area contributed by atoms with Gasteiger partial charge in [0.15, 0.2) is 0 Å². The van der Waals surface area contributed by atoms with E-state index >= 15 is 0 Å². The third-order valence-corrected chi connectivity index (χ3v) is 2.13. The van der Waals surface area contributed by atoms with E-state index in [2.05, 4.69) is 5.32 Å². The van der Waals surface area contributed by atoms with Gasteiger partial charge >= 0.3 is 11.9 Å². The molecule has 1 unspecified atom stereocenters. The lowest BCUT2D eigenvalue weighted by Crippen LogP contribution is -2.41. The van der Waals surface area contributed by atoms with Crippen LogP contribution in [0.25, 0.3) is 0 Å². The highest BCUT2D eigenvalue weighted by atomic mass is 16.4. The first-order chi connectivity index (χ1) is 7.61. The minimum absolute atomic E-state index is 0.0365. The molecule has 0 aliphatic heterocycles. The summed E-state index contributed by atoms with van der Waals surface area (Å²) in [6.07, 6.45) is 0.195. The van der Waals surface area contributed by atoms with Gasteiger partial charge in [0.2, 0.25) is 5.91 Å². The molecule has 0 saturated heterocycles. The SMILES string of the molecule is CC(C)(C)CCC(NC(=O)CC(=O)O)C(=O)O. The topological polar surface area (TPSA) is 104 Å². The Labute approximate surface area is 100 Å². The van der Waals surface area contributed by atoms with Gasteiger partial charge < -0.3 is 15.5 Å². The Hall–Kier alpha value is -1.59. The number of amides is 1. The highest BCUT2D eigenvalue weighted by Gasteiger charge is 2.23. The van der Waals surface area contributed by atoms with Crippen LogP contribution in [-0.4, -0.2) is 34.1 Å². The summed E-state index contributed by atoms with van der Waals surface area (Å²) in [7, 11) is 0. The van der Waals surface area contributed by atoms with E-state index in [9.17, 15) is 14.4 Å². The van der Waals surface area contributed by atoms with Gasteiger partial charge in [-0.15, -0.1) is 0 Å².